The van der Waals surface area contributed by atoms with Crippen LogP contribution in [0.5, 0.6) is 11.5 Å². The molecule has 4 heteroatoms. The molecule has 20 heavy (non-hydrogen) atoms. The summed E-state index contributed by atoms with van der Waals surface area (Å²) in [7, 11) is 1.61. The van der Waals surface area contributed by atoms with Gasteiger partial charge in [0.15, 0.2) is 0 Å². The summed E-state index contributed by atoms with van der Waals surface area (Å²) in [5, 5.41) is 13.6. The lowest BCUT2D eigenvalue weighted by Gasteiger charge is -2.16. The Balaban J connectivity index is 1.82. The van der Waals surface area contributed by atoms with Crippen LogP contribution >= 0.6 is 11.6 Å². The molecule has 0 fully saturated rings. The smallest absolute Gasteiger partial charge is 0.137 e. The Kier molecular flexibility index (Phi) is 3.45. The van der Waals surface area contributed by atoms with Crippen molar-refractivity contribution in [1.82, 2.24) is 0 Å². The van der Waals surface area contributed by atoms with Gasteiger partial charge in [0.05, 0.1) is 18.2 Å². The van der Waals surface area contributed by atoms with Crippen LogP contribution in [0, 0.1) is 0 Å². The third-order valence-electron chi connectivity index (χ3n) is 3.70. The summed E-state index contributed by atoms with van der Waals surface area (Å²) in [6, 6.07) is 11.5. The van der Waals surface area contributed by atoms with E-state index < -0.39 is 0 Å². The lowest BCUT2D eigenvalue weighted by Crippen LogP contribution is -2.07. The van der Waals surface area contributed by atoms with Gasteiger partial charge in [-0.3, -0.25) is 0 Å². The van der Waals surface area contributed by atoms with Crippen LogP contribution in [0.2, 0.25) is 5.02 Å². The van der Waals surface area contributed by atoms with E-state index in [0.29, 0.717) is 16.5 Å². The van der Waals surface area contributed by atoms with Gasteiger partial charge in [0, 0.05) is 5.69 Å². The molecule has 0 amide bonds. The van der Waals surface area contributed by atoms with E-state index in [1.807, 2.05) is 30.3 Å². The van der Waals surface area contributed by atoms with Gasteiger partial charge in [0.2, 0.25) is 0 Å². The zero-order valence-corrected chi connectivity index (χ0v) is 11.9. The number of hydrogen-bond acceptors (Lipinski definition) is 3. The van der Waals surface area contributed by atoms with Crippen molar-refractivity contribution in [2.75, 3.05) is 12.4 Å². The minimum atomic E-state index is 0.259. The second kappa shape index (κ2) is 5.25. The molecule has 3 rings (SSSR count). The first-order valence-electron chi connectivity index (χ1n) is 6.59. The number of phenols is 1. The number of nitrogens with one attached hydrogen (secondary N) is 1. The Morgan fingerprint density at radius 2 is 2.10 bits per heavy atom. The largest absolute Gasteiger partial charge is 0.508 e. The van der Waals surface area contributed by atoms with Gasteiger partial charge in [-0.25, -0.2) is 0 Å². The summed E-state index contributed by atoms with van der Waals surface area (Å²) in [6.45, 7) is 0. The quantitative estimate of drug-likeness (QED) is 0.892. The van der Waals surface area contributed by atoms with Crippen LogP contribution in [-0.2, 0) is 6.42 Å². The molecule has 0 aliphatic heterocycles. The molecule has 3 nitrogen and oxygen atoms in total. The van der Waals surface area contributed by atoms with Crippen molar-refractivity contribution in [3.8, 4) is 11.5 Å². The number of ether oxygens (including phenoxy) is 1. The van der Waals surface area contributed by atoms with E-state index in [0.717, 1.165) is 18.5 Å². The molecule has 1 aliphatic rings. The van der Waals surface area contributed by atoms with Crippen molar-refractivity contribution < 1.29 is 9.84 Å². The van der Waals surface area contributed by atoms with Crippen molar-refractivity contribution in [3.05, 3.63) is 52.5 Å². The molecule has 2 N–H and O–H groups in total. The van der Waals surface area contributed by atoms with Gasteiger partial charge < -0.3 is 15.2 Å². The van der Waals surface area contributed by atoms with E-state index in [1.165, 1.54) is 11.1 Å². The number of benzene rings is 2. The number of halogens is 1. The second-order valence-corrected chi connectivity index (χ2v) is 5.38. The van der Waals surface area contributed by atoms with Gasteiger partial charge in [-0.1, -0.05) is 17.7 Å². The van der Waals surface area contributed by atoms with Crippen molar-refractivity contribution in [2.24, 2.45) is 0 Å². The zero-order valence-electron chi connectivity index (χ0n) is 11.2. The van der Waals surface area contributed by atoms with E-state index in [1.54, 1.807) is 13.2 Å². The van der Waals surface area contributed by atoms with Crippen molar-refractivity contribution in [1.29, 1.82) is 0 Å². The second-order valence-electron chi connectivity index (χ2n) is 4.97. The van der Waals surface area contributed by atoms with Crippen LogP contribution in [0.15, 0.2) is 36.4 Å². The van der Waals surface area contributed by atoms with Gasteiger partial charge in [-0.15, -0.1) is 0 Å². The van der Waals surface area contributed by atoms with Crippen LogP contribution in [0.4, 0.5) is 5.69 Å². The molecule has 1 unspecified atom stereocenters. The Morgan fingerprint density at radius 1 is 1.25 bits per heavy atom. The lowest BCUT2D eigenvalue weighted by molar-refractivity contribution is 0.415. The third kappa shape index (κ3) is 2.41. The number of anilines is 1. The maximum Gasteiger partial charge on any atom is 0.137 e. The van der Waals surface area contributed by atoms with Crippen LogP contribution in [0.25, 0.3) is 0 Å². The highest BCUT2D eigenvalue weighted by atomic mass is 35.5. The van der Waals surface area contributed by atoms with Crippen LogP contribution in [0.1, 0.15) is 23.6 Å². The summed E-state index contributed by atoms with van der Waals surface area (Å²) in [5.74, 6) is 1.01. The van der Waals surface area contributed by atoms with E-state index in [4.69, 9.17) is 16.3 Å². The predicted molar refractivity (Wildman–Crippen MR) is 80.8 cm³/mol. The van der Waals surface area contributed by atoms with Gasteiger partial charge in [-0.2, -0.15) is 0 Å². The van der Waals surface area contributed by atoms with Crippen molar-refractivity contribution >= 4 is 17.3 Å². The SMILES string of the molecule is COc1ccc(NC2CCc3cc(O)ccc32)cc1Cl. The standard InChI is InChI=1S/C16H16ClNO2/c1-20-16-7-3-11(9-14(16)17)18-15-6-2-10-8-12(19)4-5-13(10)15/h3-5,7-9,15,18-19H,2,6H2,1H3. The molecular weight excluding hydrogens is 274 g/mol. The zero-order chi connectivity index (χ0) is 14.1. The van der Waals surface area contributed by atoms with E-state index in [9.17, 15) is 5.11 Å². The molecular formula is C16H16ClNO2. The van der Waals surface area contributed by atoms with Gasteiger partial charge in [0.25, 0.3) is 0 Å². The average Bonchev–Trinajstić information content (AvgIpc) is 2.81. The Hall–Kier alpha value is -1.87. The maximum absolute atomic E-state index is 9.51. The monoisotopic (exact) mass is 289 g/mol. The Labute approximate surface area is 123 Å². The summed E-state index contributed by atoms with van der Waals surface area (Å²) >= 11 is 6.14. The normalized spacial score (nSPS) is 16.8. The first-order chi connectivity index (χ1) is 9.67. The van der Waals surface area contributed by atoms with E-state index in [-0.39, 0.29) is 6.04 Å². The summed E-state index contributed by atoms with van der Waals surface area (Å²) in [5.41, 5.74) is 3.43. The number of aromatic hydroxyl groups is 1. The fourth-order valence-corrected chi connectivity index (χ4v) is 2.97. The van der Waals surface area contributed by atoms with Crippen molar-refractivity contribution in [3.63, 3.8) is 0 Å². The molecule has 0 bridgehead atoms. The summed E-state index contributed by atoms with van der Waals surface area (Å²) in [6.07, 6.45) is 1.99. The molecule has 104 valence electrons. The van der Waals surface area contributed by atoms with Crippen LogP contribution in [0.3, 0.4) is 0 Å². The van der Waals surface area contributed by atoms with Gasteiger partial charge in [-0.05, 0) is 54.3 Å². The summed E-state index contributed by atoms with van der Waals surface area (Å²) in [4.78, 5) is 0. The summed E-state index contributed by atoms with van der Waals surface area (Å²) < 4.78 is 5.15. The van der Waals surface area contributed by atoms with Gasteiger partial charge >= 0.3 is 0 Å². The molecule has 2 aromatic carbocycles. The number of aryl methyl sites for hydroxylation is 1. The first-order valence-corrected chi connectivity index (χ1v) is 6.97. The Morgan fingerprint density at radius 3 is 2.85 bits per heavy atom. The van der Waals surface area contributed by atoms with Crippen molar-refractivity contribution in [2.45, 2.75) is 18.9 Å². The van der Waals surface area contributed by atoms with Crippen LogP contribution < -0.4 is 10.1 Å². The molecule has 0 spiro atoms. The lowest BCUT2D eigenvalue weighted by atomic mass is 10.1. The number of hydrogen-bond donors (Lipinski definition) is 2. The average molecular weight is 290 g/mol. The maximum atomic E-state index is 9.51. The molecule has 0 saturated carbocycles. The number of methoxy groups -OCH3 is 1. The van der Waals surface area contributed by atoms with Gasteiger partial charge in [0.1, 0.15) is 11.5 Å². The highest BCUT2D eigenvalue weighted by molar-refractivity contribution is 6.32. The molecule has 0 saturated heterocycles. The fourth-order valence-electron chi connectivity index (χ4n) is 2.71. The molecule has 0 radical (unpaired) electrons. The number of fused-ring (bicyclic) bond motifs is 1. The Bertz CT molecular complexity index is 642. The first kappa shape index (κ1) is 13.1. The molecule has 2 aromatic rings. The molecule has 0 heterocycles. The van der Waals surface area contributed by atoms with E-state index in [2.05, 4.69) is 5.32 Å². The van der Waals surface area contributed by atoms with E-state index >= 15 is 0 Å². The number of rotatable bonds is 3. The topological polar surface area (TPSA) is 41.5 Å². The minimum absolute atomic E-state index is 0.259. The third-order valence-corrected chi connectivity index (χ3v) is 3.99. The molecule has 1 aliphatic carbocycles. The highest BCUT2D eigenvalue weighted by Gasteiger charge is 2.22. The highest BCUT2D eigenvalue weighted by Crippen LogP contribution is 2.36. The molecule has 0 aromatic heterocycles. The predicted octanol–water partition coefficient (Wildman–Crippen LogP) is 4.15. The number of phenolic OH excluding ortho intramolecular Hbond substituents is 1. The minimum Gasteiger partial charge on any atom is -0.508 e. The van der Waals surface area contributed by atoms with Crippen LogP contribution in [-0.4, -0.2) is 12.2 Å². The molecule has 1 atom stereocenters. The fraction of sp³-hybridized carbons (Fsp3) is 0.250.